The van der Waals surface area contributed by atoms with Gasteiger partial charge in [0, 0.05) is 48.6 Å². The van der Waals surface area contributed by atoms with Gasteiger partial charge in [0.1, 0.15) is 0 Å². The summed E-state index contributed by atoms with van der Waals surface area (Å²) < 4.78 is 5.15. The van der Waals surface area contributed by atoms with E-state index in [4.69, 9.17) is 0 Å². The molecule has 0 radical (unpaired) electrons. The van der Waals surface area contributed by atoms with E-state index in [-0.39, 0.29) is 16.2 Å². The number of nitrogens with zero attached hydrogens (tertiary/aromatic N) is 2. The van der Waals surface area contributed by atoms with Crippen molar-refractivity contribution in [3.8, 4) is 67.0 Å². The fraction of sp³-hybridized carbons (Fsp3) is 0.181. The Morgan fingerprint density at radius 3 is 0.965 bits per heavy atom. The van der Waals surface area contributed by atoms with E-state index in [1.807, 2.05) is 0 Å². The summed E-state index contributed by atoms with van der Waals surface area (Å²) in [5.74, 6) is 0.839. The summed E-state index contributed by atoms with van der Waals surface area (Å²) in [7, 11) is 0. The maximum atomic E-state index is 2.62. The fourth-order valence-corrected chi connectivity index (χ4v) is 16.2. The van der Waals surface area contributed by atoms with Crippen molar-refractivity contribution in [3.05, 3.63) is 263 Å². The minimum absolute atomic E-state index is 0.243. The molecule has 0 unspecified atom stereocenters. The van der Waals surface area contributed by atoms with Gasteiger partial charge in [0.15, 0.2) is 0 Å². The normalized spacial score (nSPS) is 15.0. The van der Waals surface area contributed by atoms with Gasteiger partial charge in [-0.15, -0.1) is 0 Å². The van der Waals surface area contributed by atoms with Crippen LogP contribution in [-0.2, 0) is 16.2 Å². The van der Waals surface area contributed by atoms with Crippen LogP contribution in [0.3, 0.4) is 0 Å². The SMILES string of the molecule is CC(C)c1ccc2c(c1)c1cc(-c3ccccc3)ccc1n2-c1cc2c(c3ccccc13)-c1cc3c(cc1C2(C)C)-c1cc2c(cc1C3(C)C)-c1c(cc(-n3c4ccc(-c5ccccc5)cc4c4cc(C(C)C)ccc43)c3ccccc13)C2(C)C. The third-order valence-corrected chi connectivity index (χ3v) is 20.8. The minimum atomic E-state index is -0.275. The summed E-state index contributed by atoms with van der Waals surface area (Å²) in [5, 5.41) is 10.3. The first-order valence-corrected chi connectivity index (χ1v) is 30.9. The zero-order valence-corrected chi connectivity index (χ0v) is 50.3. The highest BCUT2D eigenvalue weighted by molar-refractivity contribution is 6.16. The summed E-state index contributed by atoms with van der Waals surface area (Å²) in [5.41, 5.74) is 31.0. The van der Waals surface area contributed by atoms with Gasteiger partial charge >= 0.3 is 0 Å². The molecule has 0 bridgehead atoms. The molecule has 410 valence electrons. The monoisotopic (exact) mass is 1090 g/mol. The molecule has 3 aliphatic rings. The predicted molar refractivity (Wildman–Crippen MR) is 362 cm³/mol. The summed E-state index contributed by atoms with van der Waals surface area (Å²) in [6, 6.07) is 84.3. The van der Waals surface area contributed by atoms with Crippen LogP contribution in [0.1, 0.15) is 126 Å². The molecule has 0 atom stereocenters. The lowest BCUT2D eigenvalue weighted by atomic mass is 9.78. The average Bonchev–Trinajstić information content (AvgIpc) is 1.60. The molecule has 2 nitrogen and oxygen atoms in total. The first-order valence-electron chi connectivity index (χ1n) is 30.9. The van der Waals surface area contributed by atoms with Crippen molar-refractivity contribution in [1.82, 2.24) is 9.13 Å². The molecule has 0 saturated heterocycles. The lowest BCUT2D eigenvalue weighted by molar-refractivity contribution is 0.649. The molecule has 12 aromatic carbocycles. The Kier molecular flexibility index (Phi) is 10.3. The predicted octanol–water partition coefficient (Wildman–Crippen LogP) is 22.7. The van der Waals surface area contributed by atoms with Crippen LogP contribution in [0.15, 0.2) is 218 Å². The van der Waals surface area contributed by atoms with Crippen molar-refractivity contribution in [2.75, 3.05) is 0 Å². The number of fused-ring (bicyclic) bond motifs is 19. The van der Waals surface area contributed by atoms with E-state index in [2.05, 4.69) is 297 Å². The van der Waals surface area contributed by atoms with Crippen molar-refractivity contribution in [2.24, 2.45) is 0 Å². The fourth-order valence-electron chi connectivity index (χ4n) is 16.2. The quantitative estimate of drug-likeness (QED) is 0.157. The van der Waals surface area contributed by atoms with Gasteiger partial charge in [0.05, 0.1) is 33.4 Å². The lowest BCUT2D eigenvalue weighted by Crippen LogP contribution is -2.17. The maximum absolute atomic E-state index is 2.62. The molecule has 14 aromatic rings. The summed E-state index contributed by atoms with van der Waals surface area (Å²) >= 11 is 0. The number of hydrogen-bond acceptors (Lipinski definition) is 0. The lowest BCUT2D eigenvalue weighted by Gasteiger charge is -2.25. The van der Waals surface area contributed by atoms with Crippen molar-refractivity contribution in [1.29, 1.82) is 0 Å². The second-order valence-corrected chi connectivity index (χ2v) is 27.2. The molecular formula is C83H68N2. The molecule has 2 heteroatoms. The van der Waals surface area contributed by atoms with Crippen LogP contribution >= 0.6 is 0 Å². The van der Waals surface area contributed by atoms with E-state index in [0.717, 1.165) is 0 Å². The molecule has 0 fully saturated rings. The number of benzene rings is 12. The standard InChI is InChI=1S/C83H68N2/c1-47(2)51-29-33-73-61(37-51)63-39-53(49-21-13-11-14-22-49)31-35-75(63)84(73)77-45-71-79(57-27-19-17-25-55(57)77)65-43-67-59(41-69(65)82(71,7)8)60-42-70-66(44-68(60)81(67,5)6)80-58-28-20-18-26-56(58)78(46-72(80)83(70,9)10)85-74-34-30-52(48(3)4)38-62(74)64-40-54(32-36-76(64)85)50-23-15-12-16-24-50/h11-48H,1-10H3. The van der Waals surface area contributed by atoms with Crippen LogP contribution in [0.25, 0.3) is 132 Å². The van der Waals surface area contributed by atoms with E-state index in [0.29, 0.717) is 11.8 Å². The molecule has 2 heterocycles. The zero-order valence-electron chi connectivity index (χ0n) is 50.3. The van der Waals surface area contributed by atoms with Crippen molar-refractivity contribution >= 4 is 65.2 Å². The molecule has 2 aromatic heterocycles. The van der Waals surface area contributed by atoms with Crippen LogP contribution in [0.2, 0.25) is 0 Å². The molecular weight excluding hydrogens is 1020 g/mol. The van der Waals surface area contributed by atoms with Crippen LogP contribution < -0.4 is 0 Å². The van der Waals surface area contributed by atoms with E-state index < -0.39 is 0 Å². The Morgan fingerprint density at radius 1 is 0.259 bits per heavy atom. The van der Waals surface area contributed by atoms with Crippen LogP contribution in [0, 0.1) is 0 Å². The molecule has 17 rings (SSSR count). The highest BCUT2D eigenvalue weighted by Crippen LogP contribution is 2.62. The van der Waals surface area contributed by atoms with E-state index in [1.165, 1.54) is 177 Å². The smallest absolute Gasteiger partial charge is 0.0544 e. The Balaban J connectivity index is 0.826. The second-order valence-electron chi connectivity index (χ2n) is 27.2. The number of aromatic nitrogens is 2. The van der Waals surface area contributed by atoms with Gasteiger partial charge in [-0.3, -0.25) is 0 Å². The summed E-state index contributed by atoms with van der Waals surface area (Å²) in [6.07, 6.45) is 0. The Labute approximate surface area is 498 Å². The van der Waals surface area contributed by atoms with Crippen molar-refractivity contribution in [2.45, 2.75) is 97.3 Å². The average molecular weight is 1090 g/mol. The largest absolute Gasteiger partial charge is 0.309 e. The summed E-state index contributed by atoms with van der Waals surface area (Å²) in [6.45, 7) is 24.1. The van der Waals surface area contributed by atoms with E-state index in [1.54, 1.807) is 0 Å². The second kappa shape index (κ2) is 17.4. The Bertz CT molecular complexity index is 4920. The molecule has 0 spiro atoms. The van der Waals surface area contributed by atoms with Crippen LogP contribution in [0.5, 0.6) is 0 Å². The van der Waals surface area contributed by atoms with E-state index >= 15 is 0 Å². The molecule has 0 N–H and O–H groups in total. The third-order valence-electron chi connectivity index (χ3n) is 20.8. The van der Waals surface area contributed by atoms with Gasteiger partial charge in [-0.05, 0) is 208 Å². The zero-order chi connectivity index (χ0) is 57.7. The third kappa shape index (κ3) is 6.83. The Hall–Kier alpha value is -9.24. The van der Waals surface area contributed by atoms with Gasteiger partial charge < -0.3 is 9.13 Å². The molecule has 0 aliphatic heterocycles. The topological polar surface area (TPSA) is 9.86 Å². The van der Waals surface area contributed by atoms with Gasteiger partial charge in [0.2, 0.25) is 0 Å². The first-order chi connectivity index (χ1) is 41.1. The van der Waals surface area contributed by atoms with Crippen LogP contribution in [-0.4, -0.2) is 9.13 Å². The number of rotatable bonds is 6. The first kappa shape index (κ1) is 50.3. The van der Waals surface area contributed by atoms with Crippen LogP contribution in [0.4, 0.5) is 0 Å². The molecule has 3 aliphatic carbocycles. The number of hydrogen-bond donors (Lipinski definition) is 0. The van der Waals surface area contributed by atoms with Gasteiger partial charge in [-0.1, -0.05) is 203 Å². The van der Waals surface area contributed by atoms with Crippen molar-refractivity contribution in [3.63, 3.8) is 0 Å². The highest BCUT2D eigenvalue weighted by Gasteiger charge is 2.46. The highest BCUT2D eigenvalue weighted by atomic mass is 15.0. The van der Waals surface area contributed by atoms with Crippen molar-refractivity contribution < 1.29 is 0 Å². The van der Waals surface area contributed by atoms with Gasteiger partial charge in [0.25, 0.3) is 0 Å². The summed E-state index contributed by atoms with van der Waals surface area (Å²) in [4.78, 5) is 0. The van der Waals surface area contributed by atoms with E-state index in [9.17, 15) is 0 Å². The molecule has 0 saturated carbocycles. The molecule has 0 amide bonds. The van der Waals surface area contributed by atoms with Gasteiger partial charge in [-0.2, -0.15) is 0 Å². The maximum Gasteiger partial charge on any atom is 0.0544 e. The molecule has 85 heavy (non-hydrogen) atoms. The van der Waals surface area contributed by atoms with Gasteiger partial charge in [-0.25, -0.2) is 0 Å². The minimum Gasteiger partial charge on any atom is -0.309 e. The Morgan fingerprint density at radius 2 is 0.576 bits per heavy atom.